The second-order valence-corrected chi connectivity index (χ2v) is 4.38. The molecule has 1 aromatic rings. The highest BCUT2D eigenvalue weighted by Gasteiger charge is 1.99. The van der Waals surface area contributed by atoms with E-state index in [0.717, 1.165) is 17.6 Å². The molecule has 0 N–H and O–H groups in total. The maximum Gasteiger partial charge on any atom is 0.274 e. The average Bonchev–Trinajstić information content (AvgIpc) is 2.58. The van der Waals surface area contributed by atoms with E-state index in [0.29, 0.717) is 18.4 Å². The zero-order valence-corrected chi connectivity index (χ0v) is 10.6. The van der Waals surface area contributed by atoms with Crippen molar-refractivity contribution in [3.63, 3.8) is 0 Å². The molecule has 0 aromatic carbocycles. The first-order valence-electron chi connectivity index (χ1n) is 4.64. The van der Waals surface area contributed by atoms with Crippen molar-refractivity contribution in [2.24, 2.45) is 0 Å². The van der Waals surface area contributed by atoms with Crippen LogP contribution in [0.25, 0.3) is 0 Å². The van der Waals surface area contributed by atoms with E-state index < -0.39 is 0 Å². The smallest absolute Gasteiger partial charge is 0.274 e. The lowest BCUT2D eigenvalue weighted by Gasteiger charge is -2.03. The number of ether oxygens (including phenoxy) is 2. The minimum Gasteiger partial charge on any atom is -0.468 e. The Hall–Kier alpha value is -0.130. The van der Waals surface area contributed by atoms with Crippen molar-refractivity contribution in [3.05, 3.63) is 9.98 Å². The molecule has 0 atom stereocenters. The molecule has 5 heteroatoms. The van der Waals surface area contributed by atoms with Crippen LogP contribution in [0.1, 0.15) is 19.8 Å². The molecule has 14 heavy (non-hydrogen) atoms. The van der Waals surface area contributed by atoms with Crippen molar-refractivity contribution in [3.8, 4) is 5.19 Å². The summed E-state index contributed by atoms with van der Waals surface area (Å²) in [6.45, 7) is 4.18. The minimum absolute atomic E-state index is 0.573. The quantitative estimate of drug-likeness (QED) is 0.719. The van der Waals surface area contributed by atoms with Gasteiger partial charge in [0.2, 0.25) is 0 Å². The van der Waals surface area contributed by atoms with Crippen LogP contribution in [0, 0.1) is 0 Å². The van der Waals surface area contributed by atoms with Gasteiger partial charge in [-0.2, -0.15) is 4.98 Å². The van der Waals surface area contributed by atoms with Crippen LogP contribution in [0.5, 0.6) is 5.19 Å². The molecule has 3 nitrogen and oxygen atoms in total. The van der Waals surface area contributed by atoms with E-state index >= 15 is 0 Å². The van der Waals surface area contributed by atoms with Gasteiger partial charge < -0.3 is 9.47 Å². The Morgan fingerprint density at radius 1 is 1.43 bits per heavy atom. The van der Waals surface area contributed by atoms with Gasteiger partial charge in [0, 0.05) is 12.0 Å². The van der Waals surface area contributed by atoms with Crippen molar-refractivity contribution >= 4 is 27.3 Å². The first-order chi connectivity index (χ1) is 6.83. The number of rotatable bonds is 7. The summed E-state index contributed by atoms with van der Waals surface area (Å²) in [5.41, 5.74) is 0. The van der Waals surface area contributed by atoms with E-state index in [1.807, 2.05) is 5.38 Å². The molecule has 0 unspecified atom stereocenters. The standard InChI is InChI=1S/C9H14BrNO2S/c1-2-3-4-12-5-6-13-9-11-8(10)7-14-9/h7H,2-6H2,1H3. The van der Waals surface area contributed by atoms with Crippen molar-refractivity contribution in [1.29, 1.82) is 0 Å². The zero-order valence-electron chi connectivity index (χ0n) is 8.16. The van der Waals surface area contributed by atoms with E-state index in [9.17, 15) is 0 Å². The maximum atomic E-state index is 5.36. The Morgan fingerprint density at radius 3 is 2.93 bits per heavy atom. The average molecular weight is 280 g/mol. The fourth-order valence-corrected chi connectivity index (χ4v) is 1.95. The summed E-state index contributed by atoms with van der Waals surface area (Å²) in [5.74, 6) is 0. The highest BCUT2D eigenvalue weighted by atomic mass is 79.9. The van der Waals surface area contributed by atoms with Gasteiger partial charge in [-0.3, -0.25) is 0 Å². The van der Waals surface area contributed by atoms with E-state index in [1.54, 1.807) is 0 Å². The second-order valence-electron chi connectivity index (χ2n) is 2.75. The van der Waals surface area contributed by atoms with Gasteiger partial charge >= 0.3 is 0 Å². The number of aromatic nitrogens is 1. The highest BCUT2D eigenvalue weighted by molar-refractivity contribution is 9.10. The number of thiazole rings is 1. The van der Waals surface area contributed by atoms with Crippen molar-refractivity contribution in [1.82, 2.24) is 4.98 Å². The molecular weight excluding hydrogens is 266 g/mol. The summed E-state index contributed by atoms with van der Waals surface area (Å²) in [5, 5.41) is 2.59. The van der Waals surface area contributed by atoms with Gasteiger partial charge in [0.15, 0.2) is 0 Å². The Bertz CT molecular complexity index is 255. The van der Waals surface area contributed by atoms with Crippen LogP contribution in [-0.2, 0) is 4.74 Å². The molecule has 1 aromatic heterocycles. The van der Waals surface area contributed by atoms with Crippen LogP contribution < -0.4 is 4.74 Å². The third kappa shape index (κ3) is 4.93. The topological polar surface area (TPSA) is 31.4 Å². The molecule has 0 amide bonds. The SMILES string of the molecule is CCCCOCCOc1nc(Br)cs1. The molecule has 0 spiro atoms. The van der Waals surface area contributed by atoms with Gasteiger partial charge in [0.25, 0.3) is 5.19 Å². The maximum absolute atomic E-state index is 5.36. The molecule has 0 aliphatic carbocycles. The normalized spacial score (nSPS) is 10.4. The van der Waals surface area contributed by atoms with Crippen LogP contribution in [0.2, 0.25) is 0 Å². The molecule has 0 fully saturated rings. The zero-order chi connectivity index (χ0) is 10.2. The first kappa shape index (κ1) is 11.9. The van der Waals surface area contributed by atoms with E-state index in [2.05, 4.69) is 27.8 Å². The van der Waals surface area contributed by atoms with E-state index in [-0.39, 0.29) is 0 Å². The number of nitrogens with zero attached hydrogens (tertiary/aromatic N) is 1. The van der Waals surface area contributed by atoms with Crippen molar-refractivity contribution < 1.29 is 9.47 Å². The summed E-state index contributed by atoms with van der Waals surface area (Å²) in [4.78, 5) is 4.10. The minimum atomic E-state index is 0.573. The van der Waals surface area contributed by atoms with Crippen LogP contribution in [0.3, 0.4) is 0 Å². The summed E-state index contributed by atoms with van der Waals surface area (Å²) in [6.07, 6.45) is 2.28. The Balaban J connectivity index is 1.99. The Morgan fingerprint density at radius 2 is 2.29 bits per heavy atom. The summed E-state index contributed by atoms with van der Waals surface area (Å²) in [7, 11) is 0. The molecular formula is C9H14BrNO2S. The number of unbranched alkanes of at least 4 members (excludes halogenated alkanes) is 1. The van der Waals surface area contributed by atoms with Crippen molar-refractivity contribution in [2.45, 2.75) is 19.8 Å². The van der Waals surface area contributed by atoms with E-state index in [4.69, 9.17) is 9.47 Å². The lowest BCUT2D eigenvalue weighted by Crippen LogP contribution is -2.07. The summed E-state index contributed by atoms with van der Waals surface area (Å²) >= 11 is 4.75. The van der Waals surface area contributed by atoms with Crippen LogP contribution >= 0.6 is 27.3 Å². The number of halogens is 1. The van der Waals surface area contributed by atoms with Crippen LogP contribution in [0.4, 0.5) is 0 Å². The molecule has 0 radical (unpaired) electrons. The molecule has 0 saturated heterocycles. The second kappa shape index (κ2) is 7.20. The number of hydrogen-bond donors (Lipinski definition) is 0. The Labute approximate surface area is 96.6 Å². The lowest BCUT2D eigenvalue weighted by molar-refractivity contribution is 0.0979. The van der Waals surface area contributed by atoms with Gasteiger partial charge in [-0.25, -0.2) is 0 Å². The van der Waals surface area contributed by atoms with Crippen molar-refractivity contribution in [2.75, 3.05) is 19.8 Å². The van der Waals surface area contributed by atoms with Gasteiger partial charge in [-0.05, 0) is 22.4 Å². The lowest BCUT2D eigenvalue weighted by atomic mass is 10.4. The van der Waals surface area contributed by atoms with Gasteiger partial charge in [-0.15, -0.1) is 0 Å². The van der Waals surface area contributed by atoms with E-state index in [1.165, 1.54) is 17.8 Å². The summed E-state index contributed by atoms with van der Waals surface area (Å²) < 4.78 is 11.5. The third-order valence-electron chi connectivity index (χ3n) is 1.55. The molecule has 0 aliphatic rings. The van der Waals surface area contributed by atoms with Gasteiger partial charge in [-0.1, -0.05) is 24.7 Å². The van der Waals surface area contributed by atoms with Gasteiger partial charge in [0.1, 0.15) is 11.2 Å². The molecule has 1 rings (SSSR count). The highest BCUT2D eigenvalue weighted by Crippen LogP contribution is 2.21. The third-order valence-corrected chi connectivity index (χ3v) is 3.01. The largest absolute Gasteiger partial charge is 0.468 e. The molecule has 80 valence electrons. The summed E-state index contributed by atoms with van der Waals surface area (Å²) in [6, 6.07) is 0. The first-order valence-corrected chi connectivity index (χ1v) is 6.31. The molecule has 0 bridgehead atoms. The molecule has 0 aliphatic heterocycles. The predicted octanol–water partition coefficient (Wildman–Crippen LogP) is 3.10. The van der Waals surface area contributed by atoms with Gasteiger partial charge in [0.05, 0.1) is 6.61 Å². The fraction of sp³-hybridized carbons (Fsp3) is 0.667. The monoisotopic (exact) mass is 279 g/mol. The fourth-order valence-electron chi connectivity index (χ4n) is 0.842. The van der Waals surface area contributed by atoms with Crippen LogP contribution in [0.15, 0.2) is 9.98 Å². The molecule has 1 heterocycles. The number of hydrogen-bond acceptors (Lipinski definition) is 4. The Kier molecular flexibility index (Phi) is 6.14. The molecule has 0 saturated carbocycles. The van der Waals surface area contributed by atoms with Crippen LogP contribution in [-0.4, -0.2) is 24.8 Å². The predicted molar refractivity (Wildman–Crippen MR) is 61.0 cm³/mol.